The van der Waals surface area contributed by atoms with E-state index < -0.39 is 23.0 Å². The minimum absolute atomic E-state index is 0.000309. The second-order valence-corrected chi connectivity index (χ2v) is 7.79. The van der Waals surface area contributed by atoms with E-state index in [1.54, 1.807) is 58.9 Å². The molecule has 0 saturated carbocycles. The molecule has 6 heteroatoms. The number of carbonyl (C=O) groups is 2. The maximum absolute atomic E-state index is 12.6. The Labute approximate surface area is 151 Å². The van der Waals surface area contributed by atoms with E-state index in [-0.39, 0.29) is 11.3 Å². The van der Waals surface area contributed by atoms with Crippen LogP contribution in [0.1, 0.15) is 45.0 Å². The summed E-state index contributed by atoms with van der Waals surface area (Å²) in [6, 6.07) is 8.35. The standard InChI is InChI=1S/C19H22ClNO4/c1-18(2,3)25-17(24)19(4,5)21-16(23)13-10-14(20)11-8-6-7-9-12(11)15(13)22/h6-10,22H,1-5H3,(H,21,23). The highest BCUT2D eigenvalue weighted by molar-refractivity contribution is 6.36. The minimum Gasteiger partial charge on any atom is -0.506 e. The summed E-state index contributed by atoms with van der Waals surface area (Å²) in [5, 5.41) is 14.5. The van der Waals surface area contributed by atoms with Gasteiger partial charge in [0.25, 0.3) is 5.91 Å². The molecule has 134 valence electrons. The third kappa shape index (κ3) is 4.23. The average Bonchev–Trinajstić information content (AvgIpc) is 2.48. The first-order valence-electron chi connectivity index (χ1n) is 7.88. The fourth-order valence-corrected chi connectivity index (χ4v) is 2.57. The predicted molar refractivity (Wildman–Crippen MR) is 98.0 cm³/mol. The SMILES string of the molecule is CC(C)(C)OC(=O)C(C)(C)NC(=O)c1cc(Cl)c2ccccc2c1O. The Morgan fingerprint density at radius 3 is 2.20 bits per heavy atom. The lowest BCUT2D eigenvalue weighted by Gasteiger charge is -2.29. The summed E-state index contributed by atoms with van der Waals surface area (Å²) in [6.07, 6.45) is 0. The van der Waals surface area contributed by atoms with Gasteiger partial charge in [0, 0.05) is 15.8 Å². The van der Waals surface area contributed by atoms with E-state index in [0.29, 0.717) is 15.8 Å². The van der Waals surface area contributed by atoms with Gasteiger partial charge >= 0.3 is 5.97 Å². The van der Waals surface area contributed by atoms with Gasteiger partial charge in [-0.25, -0.2) is 4.79 Å². The van der Waals surface area contributed by atoms with E-state index in [1.165, 1.54) is 6.07 Å². The number of rotatable bonds is 3. The molecule has 2 N–H and O–H groups in total. The lowest BCUT2D eigenvalue weighted by Crippen LogP contribution is -2.52. The molecule has 0 spiro atoms. The first kappa shape index (κ1) is 19.1. The van der Waals surface area contributed by atoms with Crippen molar-refractivity contribution >= 4 is 34.2 Å². The summed E-state index contributed by atoms with van der Waals surface area (Å²) in [5.74, 6) is -1.36. The molecular weight excluding hydrogens is 342 g/mol. The zero-order chi connectivity index (χ0) is 19.0. The second kappa shape index (κ2) is 6.56. The normalized spacial score (nSPS) is 12.1. The highest BCUT2D eigenvalue weighted by Crippen LogP contribution is 2.34. The molecule has 2 aromatic rings. The van der Waals surface area contributed by atoms with E-state index >= 15 is 0 Å². The number of benzene rings is 2. The number of hydrogen-bond acceptors (Lipinski definition) is 4. The Morgan fingerprint density at radius 2 is 1.64 bits per heavy atom. The Kier molecular flexibility index (Phi) is 5.00. The van der Waals surface area contributed by atoms with Crippen LogP contribution in [0.3, 0.4) is 0 Å². The van der Waals surface area contributed by atoms with Crippen molar-refractivity contribution < 1.29 is 19.4 Å². The third-order valence-corrected chi connectivity index (χ3v) is 3.86. The number of halogens is 1. The molecule has 0 aliphatic carbocycles. The van der Waals surface area contributed by atoms with Gasteiger partial charge in [0.15, 0.2) is 0 Å². The molecule has 1 amide bonds. The molecule has 0 radical (unpaired) electrons. The lowest BCUT2D eigenvalue weighted by atomic mass is 10.0. The van der Waals surface area contributed by atoms with E-state index in [0.717, 1.165) is 0 Å². The fraction of sp³-hybridized carbons (Fsp3) is 0.368. The quantitative estimate of drug-likeness (QED) is 0.806. The number of ether oxygens (including phenoxy) is 1. The second-order valence-electron chi connectivity index (χ2n) is 7.38. The zero-order valence-electron chi connectivity index (χ0n) is 14.9. The van der Waals surface area contributed by atoms with Gasteiger partial charge in [0.2, 0.25) is 0 Å². The van der Waals surface area contributed by atoms with Crippen molar-refractivity contribution in [3.05, 3.63) is 40.9 Å². The Balaban J connectivity index is 2.34. The fourth-order valence-electron chi connectivity index (χ4n) is 2.30. The van der Waals surface area contributed by atoms with Crippen LogP contribution in [0, 0.1) is 0 Å². The monoisotopic (exact) mass is 363 g/mol. The summed E-state index contributed by atoms with van der Waals surface area (Å²) in [6.45, 7) is 8.32. The van der Waals surface area contributed by atoms with E-state index in [9.17, 15) is 14.7 Å². The van der Waals surface area contributed by atoms with Crippen LogP contribution in [0.5, 0.6) is 5.75 Å². The summed E-state index contributed by atoms with van der Waals surface area (Å²) >= 11 is 6.22. The van der Waals surface area contributed by atoms with Crippen LogP contribution in [-0.2, 0) is 9.53 Å². The van der Waals surface area contributed by atoms with E-state index in [2.05, 4.69) is 5.32 Å². The van der Waals surface area contributed by atoms with Crippen LogP contribution in [0.15, 0.2) is 30.3 Å². The first-order valence-corrected chi connectivity index (χ1v) is 8.26. The van der Waals surface area contributed by atoms with Crippen LogP contribution in [-0.4, -0.2) is 28.1 Å². The van der Waals surface area contributed by atoms with Gasteiger partial charge < -0.3 is 15.2 Å². The summed E-state index contributed by atoms with van der Waals surface area (Å²) in [4.78, 5) is 24.9. The van der Waals surface area contributed by atoms with Crippen molar-refractivity contribution in [1.82, 2.24) is 5.32 Å². The molecule has 5 nitrogen and oxygen atoms in total. The lowest BCUT2D eigenvalue weighted by molar-refractivity contribution is -0.161. The highest BCUT2D eigenvalue weighted by Gasteiger charge is 2.35. The van der Waals surface area contributed by atoms with Crippen molar-refractivity contribution in [2.75, 3.05) is 0 Å². The number of esters is 1. The third-order valence-electron chi connectivity index (χ3n) is 3.55. The van der Waals surface area contributed by atoms with Crippen molar-refractivity contribution in [2.24, 2.45) is 0 Å². The van der Waals surface area contributed by atoms with Crippen molar-refractivity contribution in [3.8, 4) is 5.75 Å². The largest absolute Gasteiger partial charge is 0.506 e. The number of amides is 1. The number of aromatic hydroxyl groups is 1. The summed E-state index contributed by atoms with van der Waals surface area (Å²) < 4.78 is 5.32. The predicted octanol–water partition coefficient (Wildman–Crippen LogP) is 4.05. The van der Waals surface area contributed by atoms with Crippen molar-refractivity contribution in [3.63, 3.8) is 0 Å². The van der Waals surface area contributed by atoms with Crippen LogP contribution < -0.4 is 5.32 Å². The molecule has 0 saturated heterocycles. The Bertz CT molecular complexity index is 837. The van der Waals surface area contributed by atoms with Crippen LogP contribution >= 0.6 is 11.6 Å². The molecule has 0 unspecified atom stereocenters. The molecule has 0 aliphatic heterocycles. The van der Waals surface area contributed by atoms with Crippen LogP contribution in [0.2, 0.25) is 5.02 Å². The molecule has 0 heterocycles. The number of nitrogens with one attached hydrogen (secondary N) is 1. The van der Waals surface area contributed by atoms with Gasteiger partial charge in [0.05, 0.1) is 5.56 Å². The number of phenols is 1. The zero-order valence-corrected chi connectivity index (χ0v) is 15.7. The molecule has 0 bridgehead atoms. The molecule has 0 fully saturated rings. The van der Waals surface area contributed by atoms with Crippen molar-refractivity contribution in [2.45, 2.75) is 45.8 Å². The Morgan fingerprint density at radius 1 is 1.08 bits per heavy atom. The van der Waals surface area contributed by atoms with Gasteiger partial charge in [-0.1, -0.05) is 35.9 Å². The van der Waals surface area contributed by atoms with Gasteiger partial charge in [-0.05, 0) is 40.7 Å². The molecule has 0 aromatic heterocycles. The smallest absolute Gasteiger partial charge is 0.331 e. The summed E-state index contributed by atoms with van der Waals surface area (Å²) in [5.41, 5.74) is -1.94. The van der Waals surface area contributed by atoms with Crippen molar-refractivity contribution in [1.29, 1.82) is 0 Å². The van der Waals surface area contributed by atoms with Gasteiger partial charge in [0.1, 0.15) is 16.9 Å². The van der Waals surface area contributed by atoms with Crippen LogP contribution in [0.4, 0.5) is 0 Å². The number of fused-ring (bicyclic) bond motifs is 1. The molecule has 2 rings (SSSR count). The average molecular weight is 364 g/mol. The molecule has 0 atom stereocenters. The molecular formula is C19H22ClNO4. The van der Waals surface area contributed by atoms with Crippen LogP contribution in [0.25, 0.3) is 10.8 Å². The molecule has 2 aromatic carbocycles. The minimum atomic E-state index is -1.27. The highest BCUT2D eigenvalue weighted by atomic mass is 35.5. The maximum atomic E-state index is 12.6. The van der Waals surface area contributed by atoms with Gasteiger partial charge in [-0.15, -0.1) is 0 Å². The molecule has 0 aliphatic rings. The molecule has 25 heavy (non-hydrogen) atoms. The van der Waals surface area contributed by atoms with Gasteiger partial charge in [-0.3, -0.25) is 4.79 Å². The number of carbonyl (C=O) groups excluding carboxylic acids is 2. The number of phenolic OH excluding ortho intramolecular Hbond substituents is 1. The maximum Gasteiger partial charge on any atom is 0.331 e. The number of hydrogen-bond donors (Lipinski definition) is 2. The first-order chi connectivity index (χ1) is 11.4. The van der Waals surface area contributed by atoms with E-state index in [4.69, 9.17) is 16.3 Å². The van der Waals surface area contributed by atoms with Gasteiger partial charge in [-0.2, -0.15) is 0 Å². The summed E-state index contributed by atoms with van der Waals surface area (Å²) in [7, 11) is 0. The Hall–Kier alpha value is -2.27. The topological polar surface area (TPSA) is 75.6 Å². The van der Waals surface area contributed by atoms with E-state index in [1.807, 2.05) is 0 Å².